The Balaban J connectivity index is 1.05. The average Bonchev–Trinajstić information content (AvgIpc) is 3.89. The maximum atomic E-state index is 6.71. The fraction of sp³-hybridized carbons (Fsp3) is 0.0444. The zero-order valence-electron chi connectivity index (χ0n) is 27.3. The van der Waals surface area contributed by atoms with Gasteiger partial charge in [-0.15, -0.1) is 11.3 Å². The molecule has 1 aliphatic rings. The van der Waals surface area contributed by atoms with Crippen LogP contribution in [0.15, 0.2) is 165 Å². The van der Waals surface area contributed by atoms with Gasteiger partial charge in [-0.2, -0.15) is 0 Å². The van der Waals surface area contributed by atoms with Gasteiger partial charge in [0.2, 0.25) is 0 Å². The van der Waals surface area contributed by atoms with Crippen LogP contribution in [-0.2, 0) is 0 Å². The number of hydrogen-bond donors (Lipinski definition) is 2. The molecule has 4 heterocycles. The Morgan fingerprint density at radius 1 is 0.510 bits per heavy atom. The minimum atomic E-state index is -0.279. The number of nitrogens with zero attached hydrogens (tertiary/aromatic N) is 1. The molecule has 0 bridgehead atoms. The lowest BCUT2D eigenvalue weighted by Gasteiger charge is -2.32. The molecule has 3 aromatic heterocycles. The fourth-order valence-electron chi connectivity index (χ4n) is 7.79. The molecule has 51 heavy (non-hydrogen) atoms. The zero-order chi connectivity index (χ0) is 33.5. The van der Waals surface area contributed by atoms with Crippen LogP contribution in [0.3, 0.4) is 0 Å². The number of amidine groups is 1. The Kier molecular flexibility index (Phi) is 6.26. The first kappa shape index (κ1) is 28.6. The lowest BCUT2D eigenvalue weighted by molar-refractivity contribution is 0.410. The van der Waals surface area contributed by atoms with Crippen molar-refractivity contribution in [3.8, 4) is 11.1 Å². The van der Waals surface area contributed by atoms with Crippen LogP contribution >= 0.6 is 11.3 Å². The van der Waals surface area contributed by atoms with Gasteiger partial charge in [0.1, 0.15) is 40.5 Å². The van der Waals surface area contributed by atoms with Crippen LogP contribution in [0.4, 0.5) is 0 Å². The van der Waals surface area contributed by atoms with Gasteiger partial charge in [-0.1, -0.05) is 127 Å². The Labute approximate surface area is 296 Å². The first-order valence-electron chi connectivity index (χ1n) is 17.2. The van der Waals surface area contributed by atoms with Crippen LogP contribution in [0.5, 0.6) is 0 Å². The first-order valence-corrected chi connectivity index (χ1v) is 18.0. The number of aliphatic imine (C=N–C) groups is 1. The third-order valence-corrected chi connectivity index (χ3v) is 11.4. The molecule has 2 unspecified atom stereocenters. The number of para-hydroxylation sites is 3. The SMILES string of the molecule is c1ccc(C2=NC(c3cccc4c3sc3ccccc34)NC(c3cccc4c3oc3ccc(-c5cccc6c5oc5ccccc56)cc34)N2)cc1. The molecule has 0 aliphatic carbocycles. The highest BCUT2D eigenvalue weighted by atomic mass is 32.1. The summed E-state index contributed by atoms with van der Waals surface area (Å²) in [4.78, 5) is 5.29. The zero-order valence-corrected chi connectivity index (χ0v) is 28.1. The first-order chi connectivity index (χ1) is 25.3. The smallest absolute Gasteiger partial charge is 0.143 e. The Morgan fingerprint density at radius 3 is 2.10 bits per heavy atom. The quantitative estimate of drug-likeness (QED) is 0.195. The van der Waals surface area contributed by atoms with E-state index in [0.717, 1.165) is 77.5 Å². The average molecular weight is 676 g/mol. The van der Waals surface area contributed by atoms with Gasteiger partial charge in [-0.05, 0) is 29.8 Å². The monoisotopic (exact) mass is 675 g/mol. The van der Waals surface area contributed by atoms with E-state index in [9.17, 15) is 0 Å². The van der Waals surface area contributed by atoms with Gasteiger partial charge in [0.25, 0.3) is 0 Å². The van der Waals surface area contributed by atoms with E-state index >= 15 is 0 Å². The van der Waals surface area contributed by atoms with Crippen molar-refractivity contribution in [1.82, 2.24) is 10.6 Å². The lowest BCUT2D eigenvalue weighted by atomic mass is 9.99. The summed E-state index contributed by atoms with van der Waals surface area (Å²) in [5, 5.41) is 14.5. The second-order valence-electron chi connectivity index (χ2n) is 13.1. The third-order valence-electron chi connectivity index (χ3n) is 10.2. The molecule has 0 amide bonds. The van der Waals surface area contributed by atoms with E-state index in [2.05, 4.69) is 144 Å². The summed E-state index contributed by atoms with van der Waals surface area (Å²) < 4.78 is 15.6. The van der Waals surface area contributed by atoms with Crippen molar-refractivity contribution in [3.63, 3.8) is 0 Å². The highest BCUT2D eigenvalue weighted by molar-refractivity contribution is 7.26. The molecule has 0 radical (unpaired) electrons. The number of hydrogen-bond acceptors (Lipinski definition) is 6. The molecule has 6 heteroatoms. The number of thiophene rings is 1. The maximum absolute atomic E-state index is 6.71. The van der Waals surface area contributed by atoms with Gasteiger partial charge in [0.05, 0.1) is 0 Å². The molecule has 2 N–H and O–H groups in total. The minimum Gasteiger partial charge on any atom is -0.456 e. The molecule has 0 fully saturated rings. The van der Waals surface area contributed by atoms with Gasteiger partial charge in [0, 0.05) is 64.0 Å². The standard InChI is InChI=1S/C45H29N3O2S/c1-2-11-26(12-3-1)43-46-44(48-45(47-43)35-20-10-18-33-30-14-5-7-22-39(30)51-42(33)35)34-19-9-17-32-36-25-27(23-24-38(36)50-41(32)34)28-15-8-16-31-29-13-4-6-21-37(29)49-40(28)31/h1-25,44-45,48H,(H,46,47). The van der Waals surface area contributed by atoms with Crippen molar-refractivity contribution in [1.29, 1.82) is 0 Å². The van der Waals surface area contributed by atoms with Crippen molar-refractivity contribution in [3.05, 3.63) is 168 Å². The van der Waals surface area contributed by atoms with E-state index in [4.69, 9.17) is 13.8 Å². The molecule has 11 rings (SSSR count). The van der Waals surface area contributed by atoms with E-state index in [1.165, 1.54) is 20.2 Å². The molecule has 242 valence electrons. The number of furan rings is 2. The van der Waals surface area contributed by atoms with Gasteiger partial charge in [0.15, 0.2) is 0 Å². The third kappa shape index (κ3) is 4.47. The second kappa shape index (κ2) is 11.2. The summed E-state index contributed by atoms with van der Waals surface area (Å²) in [6.45, 7) is 0. The molecule has 7 aromatic carbocycles. The summed E-state index contributed by atoms with van der Waals surface area (Å²) in [7, 11) is 0. The molecule has 2 atom stereocenters. The van der Waals surface area contributed by atoms with Gasteiger partial charge in [-0.3, -0.25) is 5.32 Å². The van der Waals surface area contributed by atoms with E-state index < -0.39 is 0 Å². The van der Waals surface area contributed by atoms with Gasteiger partial charge >= 0.3 is 0 Å². The number of fused-ring (bicyclic) bond motifs is 9. The van der Waals surface area contributed by atoms with E-state index in [1.54, 1.807) is 0 Å². The topological polar surface area (TPSA) is 62.7 Å². The van der Waals surface area contributed by atoms with Crippen molar-refractivity contribution in [2.24, 2.45) is 4.99 Å². The van der Waals surface area contributed by atoms with Crippen molar-refractivity contribution in [2.45, 2.75) is 12.3 Å². The van der Waals surface area contributed by atoms with Crippen LogP contribution < -0.4 is 10.6 Å². The van der Waals surface area contributed by atoms with E-state index in [-0.39, 0.29) is 12.3 Å². The molecule has 0 saturated heterocycles. The Bertz CT molecular complexity index is 3010. The Morgan fingerprint density at radius 2 is 1.20 bits per heavy atom. The van der Waals surface area contributed by atoms with Crippen LogP contribution in [0, 0.1) is 0 Å². The van der Waals surface area contributed by atoms with Crippen LogP contribution in [0.2, 0.25) is 0 Å². The van der Waals surface area contributed by atoms with Gasteiger partial charge in [-0.25, -0.2) is 4.99 Å². The Hall–Kier alpha value is -6.21. The minimum absolute atomic E-state index is 0.264. The molecular formula is C45H29N3O2S. The van der Waals surface area contributed by atoms with Crippen molar-refractivity contribution in [2.75, 3.05) is 0 Å². The summed E-state index contributed by atoms with van der Waals surface area (Å²) in [5.74, 6) is 0.844. The highest BCUT2D eigenvalue weighted by Gasteiger charge is 2.29. The second-order valence-corrected chi connectivity index (χ2v) is 14.2. The molecule has 1 aliphatic heterocycles. The molecule has 0 spiro atoms. The lowest BCUT2D eigenvalue weighted by Crippen LogP contribution is -2.45. The van der Waals surface area contributed by atoms with Crippen LogP contribution in [0.25, 0.3) is 75.2 Å². The molecular weight excluding hydrogens is 647 g/mol. The van der Waals surface area contributed by atoms with Crippen LogP contribution in [0.1, 0.15) is 29.0 Å². The maximum Gasteiger partial charge on any atom is 0.143 e. The predicted molar refractivity (Wildman–Crippen MR) is 210 cm³/mol. The molecule has 5 nitrogen and oxygen atoms in total. The predicted octanol–water partition coefficient (Wildman–Crippen LogP) is 11.9. The number of rotatable bonds is 4. The van der Waals surface area contributed by atoms with Crippen molar-refractivity contribution < 1.29 is 8.83 Å². The summed E-state index contributed by atoms with van der Waals surface area (Å²) in [6.07, 6.45) is -0.542. The molecule has 10 aromatic rings. The van der Waals surface area contributed by atoms with Crippen LogP contribution in [-0.4, -0.2) is 5.84 Å². The van der Waals surface area contributed by atoms with E-state index in [0.29, 0.717) is 0 Å². The van der Waals surface area contributed by atoms with Crippen molar-refractivity contribution >= 4 is 81.2 Å². The summed E-state index contributed by atoms with van der Waals surface area (Å²) in [5.41, 5.74) is 8.87. The normalized spacial score (nSPS) is 16.4. The number of nitrogens with one attached hydrogen (secondary N) is 2. The van der Waals surface area contributed by atoms with Gasteiger partial charge < -0.3 is 14.2 Å². The summed E-state index contributed by atoms with van der Waals surface area (Å²) in [6, 6.07) is 53.0. The number of benzene rings is 7. The summed E-state index contributed by atoms with van der Waals surface area (Å²) >= 11 is 1.83. The largest absolute Gasteiger partial charge is 0.456 e. The molecule has 0 saturated carbocycles. The van der Waals surface area contributed by atoms with E-state index in [1.807, 2.05) is 29.5 Å². The fourth-order valence-corrected chi connectivity index (χ4v) is 9.03. The highest BCUT2D eigenvalue weighted by Crippen LogP contribution is 2.42.